The van der Waals surface area contributed by atoms with Crippen LogP contribution in [-0.2, 0) is 6.42 Å². The van der Waals surface area contributed by atoms with E-state index in [-0.39, 0.29) is 11.7 Å². The number of benzene rings is 2. The molecule has 4 rings (SSSR count). The van der Waals surface area contributed by atoms with Crippen molar-refractivity contribution in [2.24, 2.45) is 0 Å². The van der Waals surface area contributed by atoms with Gasteiger partial charge >= 0.3 is 0 Å². The van der Waals surface area contributed by atoms with E-state index in [2.05, 4.69) is 26.9 Å². The summed E-state index contributed by atoms with van der Waals surface area (Å²) in [7, 11) is 0. The fraction of sp³-hybridized carbons (Fsp3) is 0.379. The van der Waals surface area contributed by atoms with Crippen molar-refractivity contribution in [3.05, 3.63) is 84.2 Å². The lowest BCUT2D eigenvalue weighted by molar-refractivity contribution is 0.0773. The summed E-state index contributed by atoms with van der Waals surface area (Å²) in [6, 6.07) is 19.9. The number of anilines is 2. The number of carbonyl (C=O) groups excluding carboxylic acids is 1. The summed E-state index contributed by atoms with van der Waals surface area (Å²) in [4.78, 5) is 23.6. The molecule has 1 fully saturated rings. The van der Waals surface area contributed by atoms with E-state index in [0.717, 1.165) is 50.3 Å². The lowest BCUT2D eigenvalue weighted by Gasteiger charge is -2.40. The van der Waals surface area contributed by atoms with Gasteiger partial charge < -0.3 is 19.8 Å². The zero-order chi connectivity index (χ0) is 24.6. The van der Waals surface area contributed by atoms with Crippen LogP contribution in [0.25, 0.3) is 0 Å². The molecular formula is C29H36N4O2. The number of aromatic nitrogens is 1. The van der Waals surface area contributed by atoms with Crippen LogP contribution in [0.1, 0.15) is 42.6 Å². The molecular weight excluding hydrogens is 436 g/mol. The van der Waals surface area contributed by atoms with Gasteiger partial charge in [-0.05, 0) is 87.2 Å². The number of hydrogen-bond donors (Lipinski definition) is 1. The molecule has 1 aromatic heterocycles. The molecule has 2 heterocycles. The molecule has 0 aliphatic carbocycles. The van der Waals surface area contributed by atoms with Crippen molar-refractivity contribution in [2.75, 3.05) is 37.6 Å². The van der Waals surface area contributed by atoms with Gasteiger partial charge in [0, 0.05) is 74.2 Å². The number of piperidine rings is 1. The highest BCUT2D eigenvalue weighted by atomic mass is 16.3. The van der Waals surface area contributed by atoms with Crippen LogP contribution in [0.3, 0.4) is 0 Å². The molecule has 1 aliphatic rings. The van der Waals surface area contributed by atoms with Crippen LogP contribution < -0.4 is 4.90 Å². The Kier molecular flexibility index (Phi) is 8.37. The van der Waals surface area contributed by atoms with Crippen molar-refractivity contribution in [3.8, 4) is 5.75 Å². The minimum absolute atomic E-state index is 0.0629. The highest BCUT2D eigenvalue weighted by molar-refractivity contribution is 5.94. The van der Waals surface area contributed by atoms with Gasteiger partial charge in [-0.2, -0.15) is 0 Å². The van der Waals surface area contributed by atoms with Crippen LogP contribution in [0.4, 0.5) is 11.4 Å². The van der Waals surface area contributed by atoms with Gasteiger partial charge in [-0.15, -0.1) is 0 Å². The van der Waals surface area contributed by atoms with E-state index in [1.165, 1.54) is 5.56 Å². The van der Waals surface area contributed by atoms with E-state index in [0.29, 0.717) is 24.7 Å². The summed E-state index contributed by atoms with van der Waals surface area (Å²) in [6.45, 7) is 8.52. The van der Waals surface area contributed by atoms with Crippen LogP contribution in [0.15, 0.2) is 73.1 Å². The lowest BCUT2D eigenvalue weighted by Crippen LogP contribution is -2.43. The highest BCUT2D eigenvalue weighted by Crippen LogP contribution is 2.34. The first-order valence-corrected chi connectivity index (χ1v) is 12.7. The standard InChI is InChI=1S/C29H36N4O2/c1-3-32(4-2)29(35)24-8-10-25(11-9-24)33(27-6-5-7-28(34)22-27)26-15-20-31(21-16-26)19-14-23-12-17-30-18-13-23/h5-13,17-18,22,26,34H,3-4,14-16,19-21H2,1-2H3. The Morgan fingerprint density at radius 2 is 1.66 bits per heavy atom. The number of aromatic hydroxyl groups is 1. The monoisotopic (exact) mass is 472 g/mol. The number of phenols is 1. The van der Waals surface area contributed by atoms with Crippen LogP contribution in [0.2, 0.25) is 0 Å². The molecule has 35 heavy (non-hydrogen) atoms. The van der Waals surface area contributed by atoms with Gasteiger partial charge in [0.25, 0.3) is 5.91 Å². The number of carbonyl (C=O) groups is 1. The van der Waals surface area contributed by atoms with Gasteiger partial charge in [-0.1, -0.05) is 6.07 Å². The third-order valence-electron chi connectivity index (χ3n) is 6.94. The van der Waals surface area contributed by atoms with E-state index in [9.17, 15) is 9.90 Å². The van der Waals surface area contributed by atoms with Crippen LogP contribution in [0, 0.1) is 0 Å². The van der Waals surface area contributed by atoms with Crippen molar-refractivity contribution in [3.63, 3.8) is 0 Å². The predicted molar refractivity (Wildman–Crippen MR) is 141 cm³/mol. The maximum Gasteiger partial charge on any atom is 0.253 e. The SMILES string of the molecule is CCN(CC)C(=O)c1ccc(N(c2cccc(O)c2)C2CCN(CCc3ccncc3)CC2)cc1. The third kappa shape index (κ3) is 6.20. The Morgan fingerprint density at radius 3 is 2.29 bits per heavy atom. The minimum atomic E-state index is 0.0629. The molecule has 0 spiro atoms. The molecule has 1 N–H and O–H groups in total. The average molecular weight is 473 g/mol. The molecule has 6 heteroatoms. The summed E-state index contributed by atoms with van der Waals surface area (Å²) in [6.07, 6.45) is 6.81. The first-order valence-electron chi connectivity index (χ1n) is 12.7. The quantitative estimate of drug-likeness (QED) is 0.469. The van der Waals surface area contributed by atoms with E-state index in [4.69, 9.17) is 0 Å². The van der Waals surface area contributed by atoms with E-state index in [1.807, 2.05) is 73.6 Å². The first kappa shape index (κ1) is 24.7. The maximum atomic E-state index is 12.8. The molecule has 1 saturated heterocycles. The Morgan fingerprint density at radius 1 is 0.971 bits per heavy atom. The number of rotatable bonds is 9. The summed E-state index contributed by atoms with van der Waals surface area (Å²) >= 11 is 0. The molecule has 184 valence electrons. The fourth-order valence-electron chi connectivity index (χ4n) is 4.91. The zero-order valence-electron chi connectivity index (χ0n) is 20.8. The van der Waals surface area contributed by atoms with E-state index in [1.54, 1.807) is 6.07 Å². The molecule has 6 nitrogen and oxygen atoms in total. The second-order valence-electron chi connectivity index (χ2n) is 9.09. The molecule has 1 amide bonds. The van der Waals surface area contributed by atoms with E-state index >= 15 is 0 Å². The van der Waals surface area contributed by atoms with Crippen LogP contribution in [-0.4, -0.2) is 64.6 Å². The molecule has 0 unspecified atom stereocenters. The molecule has 2 aromatic carbocycles. The summed E-state index contributed by atoms with van der Waals surface area (Å²) in [5.74, 6) is 0.323. The number of hydrogen-bond acceptors (Lipinski definition) is 5. The van der Waals surface area contributed by atoms with Crippen molar-refractivity contribution >= 4 is 17.3 Å². The third-order valence-corrected chi connectivity index (χ3v) is 6.94. The van der Waals surface area contributed by atoms with Crippen molar-refractivity contribution < 1.29 is 9.90 Å². The first-order chi connectivity index (χ1) is 17.1. The Labute approximate surface area is 208 Å². The molecule has 1 aliphatic heterocycles. The van der Waals surface area contributed by atoms with Crippen molar-refractivity contribution in [1.29, 1.82) is 0 Å². The summed E-state index contributed by atoms with van der Waals surface area (Å²) in [5, 5.41) is 10.2. The topological polar surface area (TPSA) is 59.9 Å². The Hall–Kier alpha value is -3.38. The van der Waals surface area contributed by atoms with Gasteiger partial charge in [-0.25, -0.2) is 0 Å². The zero-order valence-corrected chi connectivity index (χ0v) is 20.8. The number of phenolic OH excluding ortho intramolecular Hbond substituents is 1. The van der Waals surface area contributed by atoms with Gasteiger partial charge in [0.15, 0.2) is 0 Å². The normalized spacial score (nSPS) is 14.6. The molecule has 0 saturated carbocycles. The second kappa shape index (κ2) is 11.8. The number of pyridine rings is 1. The second-order valence-corrected chi connectivity index (χ2v) is 9.09. The van der Waals surface area contributed by atoms with Crippen LogP contribution in [0.5, 0.6) is 5.75 Å². The molecule has 0 bridgehead atoms. The van der Waals surface area contributed by atoms with Gasteiger partial charge in [0.1, 0.15) is 5.75 Å². The van der Waals surface area contributed by atoms with E-state index < -0.39 is 0 Å². The highest BCUT2D eigenvalue weighted by Gasteiger charge is 2.26. The smallest absolute Gasteiger partial charge is 0.253 e. The van der Waals surface area contributed by atoms with Gasteiger partial charge in [-0.3, -0.25) is 9.78 Å². The minimum Gasteiger partial charge on any atom is -0.508 e. The number of nitrogens with zero attached hydrogens (tertiary/aromatic N) is 4. The number of amides is 1. The van der Waals surface area contributed by atoms with Crippen molar-refractivity contribution in [2.45, 2.75) is 39.2 Å². The molecule has 3 aromatic rings. The molecule has 0 radical (unpaired) electrons. The van der Waals surface area contributed by atoms with Gasteiger partial charge in [0.2, 0.25) is 0 Å². The Bertz CT molecular complexity index is 1080. The summed E-state index contributed by atoms with van der Waals surface area (Å²) < 4.78 is 0. The largest absolute Gasteiger partial charge is 0.508 e. The summed E-state index contributed by atoms with van der Waals surface area (Å²) in [5.41, 5.74) is 4.05. The fourth-order valence-corrected chi connectivity index (χ4v) is 4.91. The number of likely N-dealkylation sites (tertiary alicyclic amines) is 1. The molecule has 0 atom stereocenters. The lowest BCUT2D eigenvalue weighted by atomic mass is 10.00. The predicted octanol–water partition coefficient (Wildman–Crippen LogP) is 5.11. The maximum absolute atomic E-state index is 12.8. The Balaban J connectivity index is 1.49. The van der Waals surface area contributed by atoms with Crippen molar-refractivity contribution in [1.82, 2.24) is 14.8 Å². The van der Waals surface area contributed by atoms with Crippen LogP contribution >= 0.6 is 0 Å². The van der Waals surface area contributed by atoms with Gasteiger partial charge in [0.05, 0.1) is 0 Å². The average Bonchev–Trinajstić information content (AvgIpc) is 2.90.